The lowest BCUT2D eigenvalue weighted by atomic mass is 9.93. The van der Waals surface area contributed by atoms with Crippen LogP contribution in [0.1, 0.15) is 70.5 Å². The second-order valence-electron chi connectivity index (χ2n) is 5.88. The zero-order valence-corrected chi connectivity index (χ0v) is 13.2. The standard InChI is InChI=1S/C18H31N/c1-5-14-19-18(13-9-10-15(3)4)17-12-8-7-11-16(17)6-2/h7-8,11-12,15,18-19H,5-6,9-10,13-14H2,1-4H3. The van der Waals surface area contributed by atoms with Crippen LogP contribution in [0.3, 0.4) is 0 Å². The molecule has 0 bridgehead atoms. The highest BCUT2D eigenvalue weighted by Gasteiger charge is 2.13. The second kappa shape index (κ2) is 9.14. The highest BCUT2D eigenvalue weighted by molar-refractivity contribution is 5.30. The fourth-order valence-electron chi connectivity index (χ4n) is 2.61. The molecule has 1 unspecified atom stereocenters. The highest BCUT2D eigenvalue weighted by atomic mass is 14.9. The van der Waals surface area contributed by atoms with Crippen molar-refractivity contribution in [2.24, 2.45) is 5.92 Å². The van der Waals surface area contributed by atoms with E-state index in [2.05, 4.69) is 57.3 Å². The van der Waals surface area contributed by atoms with Gasteiger partial charge in [-0.15, -0.1) is 0 Å². The first-order chi connectivity index (χ1) is 9.19. The molecule has 0 aliphatic heterocycles. The summed E-state index contributed by atoms with van der Waals surface area (Å²) in [7, 11) is 0. The van der Waals surface area contributed by atoms with Crippen LogP contribution in [0.2, 0.25) is 0 Å². The Kier molecular flexibility index (Phi) is 7.81. The van der Waals surface area contributed by atoms with Gasteiger partial charge in [-0.3, -0.25) is 0 Å². The van der Waals surface area contributed by atoms with Crippen LogP contribution >= 0.6 is 0 Å². The third kappa shape index (κ3) is 5.78. The van der Waals surface area contributed by atoms with Gasteiger partial charge in [0.15, 0.2) is 0 Å². The summed E-state index contributed by atoms with van der Waals surface area (Å²) in [5, 5.41) is 3.73. The average molecular weight is 261 g/mol. The van der Waals surface area contributed by atoms with Crippen molar-refractivity contribution in [3.05, 3.63) is 35.4 Å². The van der Waals surface area contributed by atoms with E-state index in [1.165, 1.54) is 36.8 Å². The molecule has 0 heterocycles. The maximum atomic E-state index is 3.73. The molecule has 0 spiro atoms. The second-order valence-corrected chi connectivity index (χ2v) is 5.88. The van der Waals surface area contributed by atoms with Crippen molar-refractivity contribution in [3.63, 3.8) is 0 Å². The van der Waals surface area contributed by atoms with E-state index in [0.29, 0.717) is 6.04 Å². The predicted molar refractivity (Wildman–Crippen MR) is 85.5 cm³/mol. The predicted octanol–water partition coefficient (Wildman–Crippen LogP) is 5.12. The summed E-state index contributed by atoms with van der Waals surface area (Å²) in [5.41, 5.74) is 3.02. The zero-order chi connectivity index (χ0) is 14.1. The molecule has 1 aromatic rings. The van der Waals surface area contributed by atoms with Crippen LogP contribution in [0, 0.1) is 5.92 Å². The van der Waals surface area contributed by atoms with E-state index >= 15 is 0 Å². The Morgan fingerprint density at radius 1 is 1.05 bits per heavy atom. The zero-order valence-electron chi connectivity index (χ0n) is 13.2. The summed E-state index contributed by atoms with van der Waals surface area (Å²) in [4.78, 5) is 0. The Balaban J connectivity index is 2.71. The van der Waals surface area contributed by atoms with Crippen molar-refractivity contribution in [2.75, 3.05) is 6.54 Å². The Morgan fingerprint density at radius 3 is 2.42 bits per heavy atom. The molecule has 0 saturated heterocycles. The molecule has 1 N–H and O–H groups in total. The maximum Gasteiger partial charge on any atom is 0.0322 e. The van der Waals surface area contributed by atoms with Crippen molar-refractivity contribution < 1.29 is 0 Å². The fourth-order valence-corrected chi connectivity index (χ4v) is 2.61. The summed E-state index contributed by atoms with van der Waals surface area (Å²) in [6, 6.07) is 9.46. The molecule has 0 fully saturated rings. The summed E-state index contributed by atoms with van der Waals surface area (Å²) in [5.74, 6) is 0.813. The minimum Gasteiger partial charge on any atom is -0.310 e. The van der Waals surface area contributed by atoms with Crippen molar-refractivity contribution in [2.45, 2.75) is 65.8 Å². The molecule has 108 valence electrons. The molecule has 0 saturated carbocycles. The highest BCUT2D eigenvalue weighted by Crippen LogP contribution is 2.24. The molecule has 0 aliphatic carbocycles. The number of hydrogen-bond acceptors (Lipinski definition) is 1. The van der Waals surface area contributed by atoms with E-state index < -0.39 is 0 Å². The Hall–Kier alpha value is -0.820. The van der Waals surface area contributed by atoms with Gasteiger partial charge in [0.05, 0.1) is 0 Å². The molecule has 19 heavy (non-hydrogen) atoms. The summed E-state index contributed by atoms with van der Waals surface area (Å²) >= 11 is 0. The summed E-state index contributed by atoms with van der Waals surface area (Å²) < 4.78 is 0. The molecule has 0 amide bonds. The van der Waals surface area contributed by atoms with Gasteiger partial charge in [-0.1, -0.05) is 64.8 Å². The molecule has 0 radical (unpaired) electrons. The van der Waals surface area contributed by atoms with Gasteiger partial charge in [0.25, 0.3) is 0 Å². The first-order valence-corrected chi connectivity index (χ1v) is 8.00. The molecular weight excluding hydrogens is 230 g/mol. The Morgan fingerprint density at radius 2 is 1.79 bits per heavy atom. The molecule has 1 heteroatoms. The van der Waals surface area contributed by atoms with Gasteiger partial charge in [-0.25, -0.2) is 0 Å². The van der Waals surface area contributed by atoms with Crippen molar-refractivity contribution in [1.29, 1.82) is 0 Å². The minimum atomic E-state index is 0.537. The van der Waals surface area contributed by atoms with Crippen LogP contribution in [0.25, 0.3) is 0 Å². The van der Waals surface area contributed by atoms with Gasteiger partial charge < -0.3 is 5.32 Å². The average Bonchev–Trinajstić information content (AvgIpc) is 2.42. The molecule has 0 aliphatic rings. The van der Waals surface area contributed by atoms with Crippen LogP contribution in [0.5, 0.6) is 0 Å². The van der Waals surface area contributed by atoms with Gasteiger partial charge in [0.2, 0.25) is 0 Å². The summed E-state index contributed by atoms with van der Waals surface area (Å²) in [6.07, 6.45) is 6.24. The van der Waals surface area contributed by atoms with E-state index in [1.54, 1.807) is 0 Å². The fraction of sp³-hybridized carbons (Fsp3) is 0.667. The lowest BCUT2D eigenvalue weighted by Gasteiger charge is -2.22. The maximum absolute atomic E-state index is 3.73. The molecule has 1 rings (SSSR count). The number of aryl methyl sites for hydroxylation is 1. The van der Waals surface area contributed by atoms with Gasteiger partial charge in [-0.05, 0) is 42.9 Å². The Labute approximate surface area is 119 Å². The molecular formula is C18H31N. The van der Waals surface area contributed by atoms with E-state index in [1.807, 2.05) is 0 Å². The molecule has 1 atom stereocenters. The number of rotatable bonds is 9. The van der Waals surface area contributed by atoms with Crippen molar-refractivity contribution in [1.82, 2.24) is 5.32 Å². The first kappa shape index (κ1) is 16.2. The van der Waals surface area contributed by atoms with Crippen LogP contribution in [0.15, 0.2) is 24.3 Å². The topological polar surface area (TPSA) is 12.0 Å². The van der Waals surface area contributed by atoms with Crippen molar-refractivity contribution >= 4 is 0 Å². The van der Waals surface area contributed by atoms with Crippen LogP contribution < -0.4 is 5.32 Å². The van der Waals surface area contributed by atoms with Gasteiger partial charge in [-0.2, -0.15) is 0 Å². The van der Waals surface area contributed by atoms with E-state index in [-0.39, 0.29) is 0 Å². The minimum absolute atomic E-state index is 0.537. The summed E-state index contributed by atoms with van der Waals surface area (Å²) in [6.45, 7) is 10.2. The lowest BCUT2D eigenvalue weighted by Crippen LogP contribution is -2.23. The van der Waals surface area contributed by atoms with Gasteiger partial charge >= 0.3 is 0 Å². The van der Waals surface area contributed by atoms with Crippen LogP contribution in [-0.2, 0) is 6.42 Å². The number of benzene rings is 1. The van der Waals surface area contributed by atoms with E-state index in [9.17, 15) is 0 Å². The van der Waals surface area contributed by atoms with Crippen LogP contribution in [-0.4, -0.2) is 6.54 Å². The molecule has 0 aromatic heterocycles. The first-order valence-electron chi connectivity index (χ1n) is 8.00. The SMILES string of the molecule is CCCNC(CCCC(C)C)c1ccccc1CC. The smallest absolute Gasteiger partial charge is 0.0322 e. The van der Waals surface area contributed by atoms with Crippen molar-refractivity contribution in [3.8, 4) is 0 Å². The third-order valence-electron chi connectivity index (χ3n) is 3.73. The Bertz CT molecular complexity index is 343. The normalized spacial score (nSPS) is 12.9. The van der Waals surface area contributed by atoms with E-state index in [0.717, 1.165) is 18.9 Å². The van der Waals surface area contributed by atoms with E-state index in [4.69, 9.17) is 0 Å². The number of nitrogens with one attached hydrogen (secondary N) is 1. The van der Waals surface area contributed by atoms with Gasteiger partial charge in [0, 0.05) is 6.04 Å². The quantitative estimate of drug-likeness (QED) is 0.651. The molecule has 1 nitrogen and oxygen atoms in total. The monoisotopic (exact) mass is 261 g/mol. The largest absolute Gasteiger partial charge is 0.310 e. The lowest BCUT2D eigenvalue weighted by molar-refractivity contribution is 0.446. The van der Waals surface area contributed by atoms with Crippen LogP contribution in [0.4, 0.5) is 0 Å². The molecule has 1 aromatic carbocycles. The number of hydrogen-bond donors (Lipinski definition) is 1. The third-order valence-corrected chi connectivity index (χ3v) is 3.73. The van der Waals surface area contributed by atoms with Gasteiger partial charge in [0.1, 0.15) is 0 Å².